The van der Waals surface area contributed by atoms with Gasteiger partial charge in [0.2, 0.25) is 0 Å². The number of benzene rings is 1. The molecule has 0 saturated carbocycles. The Morgan fingerprint density at radius 3 is 2.67 bits per heavy atom. The molecule has 4 N–H and O–H groups in total. The minimum atomic E-state index is -3.58. The monoisotopic (exact) mass is 316 g/mol. The fourth-order valence-corrected chi connectivity index (χ4v) is 3.36. The van der Waals surface area contributed by atoms with Crippen LogP contribution >= 0.6 is 0 Å². The van der Waals surface area contributed by atoms with Crippen LogP contribution in [0.1, 0.15) is 24.0 Å². The van der Waals surface area contributed by atoms with Crippen molar-refractivity contribution in [3.63, 3.8) is 0 Å². The van der Waals surface area contributed by atoms with Crippen molar-refractivity contribution < 1.29 is 18.0 Å². The molecule has 1 aromatic rings. The third kappa shape index (κ3) is 3.69. The molecule has 1 saturated heterocycles. The Morgan fingerprint density at radius 2 is 2.10 bits per heavy atom. The van der Waals surface area contributed by atoms with Crippen molar-refractivity contribution in [1.82, 2.24) is 9.03 Å². The first-order chi connectivity index (χ1) is 9.94. The van der Waals surface area contributed by atoms with Crippen molar-refractivity contribution >= 4 is 16.0 Å². The molecule has 21 heavy (non-hydrogen) atoms. The Morgan fingerprint density at radius 1 is 1.43 bits per heavy atom. The quantitative estimate of drug-likeness (QED) is 0.315. The molecule has 0 bridgehead atoms. The van der Waals surface area contributed by atoms with Gasteiger partial charge in [-0.05, 0) is 18.9 Å². The summed E-state index contributed by atoms with van der Waals surface area (Å²) in [5.41, 5.74) is 5.76. The molecule has 0 aliphatic carbocycles. The lowest BCUT2D eigenvalue weighted by molar-refractivity contribution is 0.318. The average Bonchev–Trinajstić information content (AvgIpc) is 3.00. The molecule has 1 aliphatic rings. The van der Waals surface area contributed by atoms with Crippen molar-refractivity contribution in [3.05, 3.63) is 35.1 Å². The normalized spacial score (nSPS) is 17.3. The molecule has 0 atom stereocenters. The molecular formula is C12H17FN4O3S. The SMILES string of the molecule is NC(=NO)c1ccc(CNS(=O)(=O)N2CCCC2)c(F)c1. The lowest BCUT2D eigenvalue weighted by Crippen LogP contribution is -2.38. The van der Waals surface area contributed by atoms with Crippen molar-refractivity contribution in [2.75, 3.05) is 13.1 Å². The second-order valence-electron chi connectivity index (χ2n) is 4.72. The average molecular weight is 316 g/mol. The van der Waals surface area contributed by atoms with Crippen LogP contribution in [-0.4, -0.2) is 36.9 Å². The lowest BCUT2D eigenvalue weighted by Gasteiger charge is -2.16. The van der Waals surface area contributed by atoms with E-state index in [4.69, 9.17) is 10.9 Å². The van der Waals surface area contributed by atoms with E-state index in [1.54, 1.807) is 0 Å². The first-order valence-electron chi connectivity index (χ1n) is 6.45. The number of hydrogen-bond acceptors (Lipinski definition) is 4. The molecular weight excluding hydrogens is 299 g/mol. The van der Waals surface area contributed by atoms with Crippen LogP contribution in [0.4, 0.5) is 4.39 Å². The minimum absolute atomic E-state index is 0.152. The number of amidine groups is 1. The number of nitrogens with one attached hydrogen (secondary N) is 1. The van der Waals surface area contributed by atoms with Crippen LogP contribution in [0.3, 0.4) is 0 Å². The van der Waals surface area contributed by atoms with E-state index in [0.29, 0.717) is 13.1 Å². The van der Waals surface area contributed by atoms with Gasteiger partial charge in [-0.1, -0.05) is 17.3 Å². The molecule has 1 heterocycles. The zero-order chi connectivity index (χ0) is 15.5. The van der Waals surface area contributed by atoms with Gasteiger partial charge in [0.05, 0.1) is 0 Å². The summed E-state index contributed by atoms with van der Waals surface area (Å²) < 4.78 is 41.5. The van der Waals surface area contributed by atoms with E-state index >= 15 is 0 Å². The van der Waals surface area contributed by atoms with Crippen LogP contribution in [0.5, 0.6) is 0 Å². The van der Waals surface area contributed by atoms with E-state index in [9.17, 15) is 12.8 Å². The van der Waals surface area contributed by atoms with Crippen LogP contribution < -0.4 is 10.5 Å². The Balaban J connectivity index is 2.06. The molecule has 1 aromatic carbocycles. The highest BCUT2D eigenvalue weighted by Gasteiger charge is 2.24. The summed E-state index contributed by atoms with van der Waals surface area (Å²) in [4.78, 5) is 0. The van der Waals surface area contributed by atoms with E-state index in [2.05, 4.69) is 9.88 Å². The second-order valence-corrected chi connectivity index (χ2v) is 6.48. The van der Waals surface area contributed by atoms with E-state index < -0.39 is 16.0 Å². The van der Waals surface area contributed by atoms with Gasteiger partial charge in [-0.15, -0.1) is 0 Å². The Hall–Kier alpha value is -1.71. The van der Waals surface area contributed by atoms with E-state index in [0.717, 1.165) is 18.9 Å². The van der Waals surface area contributed by atoms with Gasteiger partial charge in [-0.2, -0.15) is 17.4 Å². The smallest absolute Gasteiger partial charge is 0.279 e. The Kier molecular flexibility index (Phi) is 4.76. The Labute approximate surface area is 122 Å². The van der Waals surface area contributed by atoms with Crippen molar-refractivity contribution in [1.29, 1.82) is 0 Å². The van der Waals surface area contributed by atoms with E-state index in [1.165, 1.54) is 16.4 Å². The van der Waals surface area contributed by atoms with Gasteiger partial charge in [0, 0.05) is 30.8 Å². The second kappa shape index (κ2) is 6.37. The van der Waals surface area contributed by atoms with Gasteiger partial charge in [0.15, 0.2) is 5.84 Å². The maximum Gasteiger partial charge on any atom is 0.279 e. The molecule has 0 amide bonds. The van der Waals surface area contributed by atoms with Crippen molar-refractivity contribution in [2.45, 2.75) is 19.4 Å². The van der Waals surface area contributed by atoms with Crippen LogP contribution in [0, 0.1) is 5.82 Å². The number of hydrogen-bond donors (Lipinski definition) is 3. The van der Waals surface area contributed by atoms with Crippen LogP contribution in [0.2, 0.25) is 0 Å². The fourth-order valence-electron chi connectivity index (χ4n) is 2.10. The molecule has 1 fully saturated rings. The van der Waals surface area contributed by atoms with E-state index in [1.807, 2.05) is 0 Å². The van der Waals surface area contributed by atoms with Crippen LogP contribution in [0.15, 0.2) is 23.4 Å². The summed E-state index contributed by atoms with van der Waals surface area (Å²) in [5.74, 6) is -0.832. The van der Waals surface area contributed by atoms with Crippen LogP contribution in [-0.2, 0) is 16.8 Å². The summed E-state index contributed by atoms with van der Waals surface area (Å²) in [7, 11) is -3.58. The van der Waals surface area contributed by atoms with Gasteiger partial charge in [-0.3, -0.25) is 0 Å². The molecule has 116 valence electrons. The third-order valence-electron chi connectivity index (χ3n) is 3.31. The van der Waals surface area contributed by atoms with Gasteiger partial charge in [0.1, 0.15) is 5.82 Å². The van der Waals surface area contributed by atoms with Crippen molar-refractivity contribution in [3.8, 4) is 0 Å². The molecule has 2 rings (SSSR count). The van der Waals surface area contributed by atoms with E-state index in [-0.39, 0.29) is 23.5 Å². The molecule has 0 spiro atoms. The maximum absolute atomic E-state index is 13.9. The topological polar surface area (TPSA) is 108 Å². The summed E-state index contributed by atoms with van der Waals surface area (Å²) in [6.45, 7) is 0.821. The molecule has 0 unspecified atom stereocenters. The highest BCUT2D eigenvalue weighted by Crippen LogP contribution is 2.14. The molecule has 1 aliphatic heterocycles. The highest BCUT2D eigenvalue weighted by molar-refractivity contribution is 7.87. The molecule has 9 heteroatoms. The summed E-state index contributed by atoms with van der Waals surface area (Å²) in [6.07, 6.45) is 1.67. The lowest BCUT2D eigenvalue weighted by atomic mass is 10.1. The number of oxime groups is 1. The number of rotatable bonds is 5. The van der Waals surface area contributed by atoms with Crippen LogP contribution in [0.25, 0.3) is 0 Å². The number of nitrogens with two attached hydrogens (primary N) is 1. The maximum atomic E-state index is 13.9. The summed E-state index contributed by atoms with van der Waals surface area (Å²) in [6, 6.07) is 3.95. The third-order valence-corrected chi connectivity index (χ3v) is 4.86. The predicted molar refractivity (Wildman–Crippen MR) is 75.5 cm³/mol. The van der Waals surface area contributed by atoms with Gasteiger partial charge in [-0.25, -0.2) is 4.39 Å². The zero-order valence-electron chi connectivity index (χ0n) is 11.3. The minimum Gasteiger partial charge on any atom is -0.409 e. The Bertz CT molecular complexity index is 642. The van der Waals surface area contributed by atoms with Gasteiger partial charge >= 0.3 is 0 Å². The first kappa shape index (κ1) is 15.7. The summed E-state index contributed by atoms with van der Waals surface area (Å²) in [5, 5.41) is 11.3. The summed E-state index contributed by atoms with van der Waals surface area (Å²) >= 11 is 0. The molecule has 0 aromatic heterocycles. The standard InChI is InChI=1S/C12H17FN4O3S/c13-11-7-9(12(14)16-18)3-4-10(11)8-15-21(19,20)17-5-1-2-6-17/h3-4,7,15,18H,1-2,5-6,8H2,(H2,14,16). The zero-order valence-corrected chi connectivity index (χ0v) is 12.1. The van der Waals surface area contributed by atoms with Gasteiger partial charge < -0.3 is 10.9 Å². The molecule has 0 radical (unpaired) electrons. The number of halogens is 1. The van der Waals surface area contributed by atoms with Gasteiger partial charge in [0.25, 0.3) is 10.2 Å². The first-order valence-corrected chi connectivity index (χ1v) is 7.89. The van der Waals surface area contributed by atoms with Crippen molar-refractivity contribution in [2.24, 2.45) is 10.9 Å². The fraction of sp³-hybridized carbons (Fsp3) is 0.417. The largest absolute Gasteiger partial charge is 0.409 e. The highest BCUT2D eigenvalue weighted by atomic mass is 32.2. The number of nitrogens with zero attached hydrogens (tertiary/aromatic N) is 2. The predicted octanol–water partition coefficient (Wildman–Crippen LogP) is 0.350. The molecule has 7 nitrogen and oxygen atoms in total.